The summed E-state index contributed by atoms with van der Waals surface area (Å²) in [6.45, 7) is 12.4. The lowest BCUT2D eigenvalue weighted by molar-refractivity contribution is 0.0916. The molecule has 0 aromatic heterocycles. The molecule has 0 bridgehead atoms. The second-order valence-electron chi connectivity index (χ2n) is 7.17. The van der Waals surface area contributed by atoms with E-state index in [1.807, 2.05) is 0 Å². The first-order chi connectivity index (χ1) is 10.3. The van der Waals surface area contributed by atoms with E-state index in [-0.39, 0.29) is 0 Å². The molecular weight excluding hydrogens is 258 g/mol. The van der Waals surface area contributed by atoms with Gasteiger partial charge in [-0.1, -0.05) is 13.3 Å². The lowest BCUT2D eigenvalue weighted by Gasteiger charge is -2.40. The Kier molecular flexibility index (Phi) is 8.05. The second kappa shape index (κ2) is 9.81. The number of hydrogen-bond acceptors (Lipinski definition) is 3. The largest absolute Gasteiger partial charge is 0.314 e. The molecule has 0 spiro atoms. The van der Waals surface area contributed by atoms with Crippen molar-refractivity contribution in [1.82, 2.24) is 15.1 Å². The van der Waals surface area contributed by atoms with Crippen LogP contribution in [0.5, 0.6) is 0 Å². The maximum Gasteiger partial charge on any atom is 0.0120 e. The van der Waals surface area contributed by atoms with Crippen LogP contribution in [0.3, 0.4) is 0 Å². The van der Waals surface area contributed by atoms with Crippen molar-refractivity contribution in [1.29, 1.82) is 0 Å². The Balaban J connectivity index is 1.54. The van der Waals surface area contributed by atoms with Crippen LogP contribution >= 0.6 is 0 Å². The van der Waals surface area contributed by atoms with Crippen molar-refractivity contribution in [2.45, 2.75) is 77.3 Å². The molecule has 2 heterocycles. The third kappa shape index (κ3) is 6.25. The number of rotatable bonds is 8. The summed E-state index contributed by atoms with van der Waals surface area (Å²) in [7, 11) is 0. The smallest absolute Gasteiger partial charge is 0.0120 e. The van der Waals surface area contributed by atoms with E-state index in [0.29, 0.717) is 6.04 Å². The first kappa shape index (κ1) is 17.2. The summed E-state index contributed by atoms with van der Waals surface area (Å²) in [6, 6.07) is 1.59. The molecule has 1 N–H and O–H groups in total. The molecule has 3 heteroatoms. The Labute approximate surface area is 132 Å². The monoisotopic (exact) mass is 295 g/mol. The number of nitrogens with one attached hydrogen (secondary N) is 1. The standard InChI is InChI=1S/C18H37N3/c1-3-11-19-17(2)8-7-12-20-15-9-18(10-16-20)21-13-5-4-6-14-21/h17-19H,3-16H2,1-2H3. The van der Waals surface area contributed by atoms with E-state index in [1.54, 1.807) is 0 Å². The number of piperidine rings is 2. The summed E-state index contributed by atoms with van der Waals surface area (Å²) in [5.41, 5.74) is 0. The van der Waals surface area contributed by atoms with E-state index in [2.05, 4.69) is 29.0 Å². The highest BCUT2D eigenvalue weighted by molar-refractivity contribution is 4.81. The topological polar surface area (TPSA) is 18.5 Å². The van der Waals surface area contributed by atoms with Gasteiger partial charge in [-0.2, -0.15) is 0 Å². The van der Waals surface area contributed by atoms with E-state index in [0.717, 1.165) is 6.04 Å². The molecule has 21 heavy (non-hydrogen) atoms. The Hall–Kier alpha value is -0.120. The van der Waals surface area contributed by atoms with Crippen molar-refractivity contribution in [2.75, 3.05) is 39.3 Å². The minimum atomic E-state index is 0.691. The number of hydrogen-bond donors (Lipinski definition) is 1. The van der Waals surface area contributed by atoms with Gasteiger partial charge in [-0.3, -0.25) is 0 Å². The predicted molar refractivity (Wildman–Crippen MR) is 91.9 cm³/mol. The molecule has 2 rings (SSSR count). The van der Waals surface area contributed by atoms with Crippen molar-refractivity contribution in [3.63, 3.8) is 0 Å². The van der Waals surface area contributed by atoms with Crippen LogP contribution in [0.15, 0.2) is 0 Å². The molecule has 0 radical (unpaired) electrons. The third-order valence-corrected chi connectivity index (χ3v) is 5.32. The third-order valence-electron chi connectivity index (χ3n) is 5.32. The summed E-state index contributed by atoms with van der Waals surface area (Å²) in [5, 5.41) is 3.59. The zero-order valence-corrected chi connectivity index (χ0v) is 14.4. The maximum atomic E-state index is 3.59. The van der Waals surface area contributed by atoms with Gasteiger partial charge in [-0.05, 0) is 91.1 Å². The van der Waals surface area contributed by atoms with E-state index in [1.165, 1.54) is 90.6 Å². The fourth-order valence-electron chi connectivity index (χ4n) is 3.91. The van der Waals surface area contributed by atoms with Crippen molar-refractivity contribution in [3.05, 3.63) is 0 Å². The first-order valence-electron chi connectivity index (χ1n) is 9.49. The lowest BCUT2D eigenvalue weighted by Crippen LogP contribution is -2.46. The molecule has 0 aromatic rings. The van der Waals surface area contributed by atoms with Crippen LogP contribution in [0.1, 0.15) is 65.2 Å². The molecule has 2 aliphatic rings. The molecule has 1 unspecified atom stereocenters. The summed E-state index contributed by atoms with van der Waals surface area (Å²) in [5.74, 6) is 0. The molecule has 2 aliphatic heterocycles. The highest BCUT2D eigenvalue weighted by Gasteiger charge is 2.25. The van der Waals surface area contributed by atoms with Gasteiger partial charge in [0.2, 0.25) is 0 Å². The fraction of sp³-hybridized carbons (Fsp3) is 1.00. The lowest BCUT2D eigenvalue weighted by atomic mass is 9.99. The van der Waals surface area contributed by atoms with Crippen LogP contribution in [0.2, 0.25) is 0 Å². The minimum Gasteiger partial charge on any atom is -0.314 e. The van der Waals surface area contributed by atoms with Gasteiger partial charge in [-0.25, -0.2) is 0 Å². The Morgan fingerprint density at radius 2 is 1.76 bits per heavy atom. The van der Waals surface area contributed by atoms with Crippen molar-refractivity contribution in [3.8, 4) is 0 Å². The minimum absolute atomic E-state index is 0.691. The molecule has 2 fully saturated rings. The molecule has 1 atom stereocenters. The fourth-order valence-corrected chi connectivity index (χ4v) is 3.91. The van der Waals surface area contributed by atoms with Gasteiger partial charge in [0.25, 0.3) is 0 Å². The van der Waals surface area contributed by atoms with Crippen LogP contribution in [0.4, 0.5) is 0 Å². The van der Waals surface area contributed by atoms with Crippen molar-refractivity contribution in [2.24, 2.45) is 0 Å². The quantitative estimate of drug-likeness (QED) is 0.742. The molecule has 3 nitrogen and oxygen atoms in total. The molecule has 0 saturated carbocycles. The Bertz CT molecular complexity index is 255. The van der Waals surface area contributed by atoms with Gasteiger partial charge in [-0.15, -0.1) is 0 Å². The van der Waals surface area contributed by atoms with Crippen LogP contribution in [0, 0.1) is 0 Å². The van der Waals surface area contributed by atoms with Crippen LogP contribution in [-0.4, -0.2) is 61.2 Å². The van der Waals surface area contributed by atoms with Gasteiger partial charge in [0, 0.05) is 12.1 Å². The van der Waals surface area contributed by atoms with Gasteiger partial charge < -0.3 is 15.1 Å². The summed E-state index contributed by atoms with van der Waals surface area (Å²) in [6.07, 6.45) is 11.1. The predicted octanol–water partition coefficient (Wildman–Crippen LogP) is 3.11. The molecule has 2 saturated heterocycles. The first-order valence-corrected chi connectivity index (χ1v) is 9.49. The van der Waals surface area contributed by atoms with E-state index in [4.69, 9.17) is 0 Å². The zero-order valence-electron chi connectivity index (χ0n) is 14.4. The van der Waals surface area contributed by atoms with Crippen LogP contribution < -0.4 is 5.32 Å². The molecule has 0 amide bonds. The van der Waals surface area contributed by atoms with E-state index >= 15 is 0 Å². The maximum absolute atomic E-state index is 3.59. The highest BCUT2D eigenvalue weighted by atomic mass is 15.2. The second-order valence-corrected chi connectivity index (χ2v) is 7.17. The highest BCUT2D eigenvalue weighted by Crippen LogP contribution is 2.21. The van der Waals surface area contributed by atoms with E-state index < -0.39 is 0 Å². The Morgan fingerprint density at radius 3 is 2.43 bits per heavy atom. The number of likely N-dealkylation sites (tertiary alicyclic amines) is 2. The molecule has 0 aliphatic carbocycles. The van der Waals surface area contributed by atoms with E-state index in [9.17, 15) is 0 Å². The molecule has 124 valence electrons. The summed E-state index contributed by atoms with van der Waals surface area (Å²) < 4.78 is 0. The van der Waals surface area contributed by atoms with Crippen LogP contribution in [-0.2, 0) is 0 Å². The summed E-state index contributed by atoms with van der Waals surface area (Å²) >= 11 is 0. The van der Waals surface area contributed by atoms with Crippen molar-refractivity contribution >= 4 is 0 Å². The zero-order chi connectivity index (χ0) is 14.9. The SMILES string of the molecule is CCCNC(C)CCCN1CCC(N2CCCCC2)CC1. The van der Waals surface area contributed by atoms with Gasteiger partial charge in [0.15, 0.2) is 0 Å². The van der Waals surface area contributed by atoms with Crippen molar-refractivity contribution < 1.29 is 0 Å². The average Bonchev–Trinajstić information content (AvgIpc) is 2.54. The Morgan fingerprint density at radius 1 is 1.05 bits per heavy atom. The van der Waals surface area contributed by atoms with Gasteiger partial charge in [0.1, 0.15) is 0 Å². The van der Waals surface area contributed by atoms with Crippen LogP contribution in [0.25, 0.3) is 0 Å². The molecular formula is C18H37N3. The van der Waals surface area contributed by atoms with Gasteiger partial charge in [0.05, 0.1) is 0 Å². The summed E-state index contributed by atoms with van der Waals surface area (Å²) in [4.78, 5) is 5.48. The normalized spacial score (nSPS) is 24.3. The molecule has 0 aromatic carbocycles. The number of nitrogens with zero attached hydrogens (tertiary/aromatic N) is 2. The van der Waals surface area contributed by atoms with Gasteiger partial charge >= 0.3 is 0 Å². The average molecular weight is 296 g/mol.